The maximum absolute atomic E-state index is 12.7. The molecule has 0 heterocycles. The predicted octanol–water partition coefficient (Wildman–Crippen LogP) is -2.55. The third kappa shape index (κ3) is 12.3. The monoisotopic (exact) mass is 473 g/mol. The van der Waals surface area contributed by atoms with Gasteiger partial charge in [-0.15, -0.1) is 0 Å². The molecule has 0 aromatic heterocycles. The molecule has 14 heteroatoms. The Morgan fingerprint density at radius 1 is 0.879 bits per heavy atom. The molecule has 0 bridgehead atoms. The second kappa shape index (κ2) is 14.6. The van der Waals surface area contributed by atoms with E-state index in [4.69, 9.17) is 22.3 Å². The van der Waals surface area contributed by atoms with Gasteiger partial charge >= 0.3 is 11.9 Å². The van der Waals surface area contributed by atoms with Crippen molar-refractivity contribution in [3.63, 3.8) is 0 Å². The number of hydrogen-bond donors (Lipinski definition) is 8. The summed E-state index contributed by atoms with van der Waals surface area (Å²) in [7, 11) is 0. The van der Waals surface area contributed by atoms with E-state index in [1.807, 2.05) is 0 Å². The molecule has 0 aliphatic heterocycles. The molecule has 188 valence electrons. The van der Waals surface area contributed by atoms with Gasteiger partial charge in [-0.05, 0) is 32.1 Å². The summed E-state index contributed by atoms with van der Waals surface area (Å²) >= 11 is 0. The van der Waals surface area contributed by atoms with Gasteiger partial charge in [-0.25, -0.2) is 4.79 Å². The Hall–Kier alpha value is -3.42. The van der Waals surface area contributed by atoms with E-state index in [1.165, 1.54) is 6.92 Å². The second-order valence-corrected chi connectivity index (χ2v) is 7.85. The van der Waals surface area contributed by atoms with Gasteiger partial charge in [0.05, 0.1) is 6.04 Å². The quantitative estimate of drug-likeness (QED) is 0.0701. The van der Waals surface area contributed by atoms with Crippen molar-refractivity contribution in [2.24, 2.45) is 28.1 Å². The normalized spacial score (nSPS) is 14.3. The molecule has 0 rings (SSSR count). The van der Waals surface area contributed by atoms with Gasteiger partial charge in [-0.1, -0.05) is 13.8 Å². The van der Waals surface area contributed by atoms with Crippen molar-refractivity contribution in [1.82, 2.24) is 16.0 Å². The molecule has 33 heavy (non-hydrogen) atoms. The highest BCUT2D eigenvalue weighted by Gasteiger charge is 2.29. The Labute approximate surface area is 191 Å². The summed E-state index contributed by atoms with van der Waals surface area (Å²) in [6, 6.07) is -4.51. The van der Waals surface area contributed by atoms with Crippen LogP contribution in [0.15, 0.2) is 4.99 Å². The van der Waals surface area contributed by atoms with Crippen molar-refractivity contribution < 1.29 is 34.2 Å². The molecule has 0 saturated carbocycles. The third-order valence-corrected chi connectivity index (χ3v) is 4.57. The number of carbonyl (C=O) groups excluding carboxylic acids is 3. The molecule has 14 nitrogen and oxygen atoms in total. The van der Waals surface area contributed by atoms with Crippen LogP contribution in [0.4, 0.5) is 0 Å². The molecule has 0 fully saturated rings. The molecule has 0 aliphatic rings. The van der Waals surface area contributed by atoms with Gasteiger partial charge in [-0.3, -0.25) is 24.2 Å². The lowest BCUT2D eigenvalue weighted by Crippen LogP contribution is -2.56. The van der Waals surface area contributed by atoms with E-state index < -0.39 is 53.8 Å². The van der Waals surface area contributed by atoms with E-state index in [2.05, 4.69) is 20.9 Å². The molecule has 3 amide bonds. The number of guanidine groups is 1. The number of aliphatic imine (C=N–C) groups is 1. The van der Waals surface area contributed by atoms with Crippen LogP contribution >= 0.6 is 0 Å². The molecule has 0 saturated heterocycles. The fourth-order valence-electron chi connectivity index (χ4n) is 2.63. The summed E-state index contributed by atoms with van der Waals surface area (Å²) < 4.78 is 0. The largest absolute Gasteiger partial charge is 0.481 e. The minimum atomic E-state index is -1.21. The molecular weight excluding hydrogens is 438 g/mol. The summed E-state index contributed by atoms with van der Waals surface area (Å²) in [5, 5.41) is 25.2. The Morgan fingerprint density at radius 2 is 1.48 bits per heavy atom. The highest BCUT2D eigenvalue weighted by atomic mass is 16.4. The third-order valence-electron chi connectivity index (χ3n) is 4.57. The lowest BCUT2D eigenvalue weighted by Gasteiger charge is -2.24. The number of amides is 3. The molecule has 0 aromatic carbocycles. The zero-order chi connectivity index (χ0) is 25.7. The van der Waals surface area contributed by atoms with E-state index >= 15 is 0 Å². The number of nitrogens with one attached hydrogen (secondary N) is 3. The molecule has 0 aliphatic carbocycles. The lowest BCUT2D eigenvalue weighted by molar-refractivity contribution is -0.143. The van der Waals surface area contributed by atoms with Crippen molar-refractivity contribution in [3.05, 3.63) is 0 Å². The maximum atomic E-state index is 12.7. The van der Waals surface area contributed by atoms with Gasteiger partial charge in [-0.2, -0.15) is 0 Å². The highest BCUT2D eigenvalue weighted by molar-refractivity contribution is 5.94. The Morgan fingerprint density at radius 3 is 1.97 bits per heavy atom. The molecule has 4 atom stereocenters. The Balaban J connectivity index is 5.19. The van der Waals surface area contributed by atoms with Crippen molar-refractivity contribution in [2.75, 3.05) is 6.54 Å². The average Bonchev–Trinajstić information content (AvgIpc) is 2.70. The first-order valence-corrected chi connectivity index (χ1v) is 10.4. The van der Waals surface area contributed by atoms with Crippen LogP contribution in [0.3, 0.4) is 0 Å². The van der Waals surface area contributed by atoms with Crippen LogP contribution in [0.1, 0.15) is 46.5 Å². The van der Waals surface area contributed by atoms with Gasteiger partial charge in [0, 0.05) is 13.0 Å². The topological polar surface area (TPSA) is 252 Å². The van der Waals surface area contributed by atoms with E-state index in [9.17, 15) is 29.1 Å². The Bertz CT molecular complexity index is 738. The first kappa shape index (κ1) is 29.6. The number of rotatable bonds is 15. The van der Waals surface area contributed by atoms with Crippen molar-refractivity contribution >= 4 is 35.6 Å². The first-order chi connectivity index (χ1) is 15.3. The second-order valence-electron chi connectivity index (χ2n) is 7.85. The number of nitrogens with two attached hydrogens (primary N) is 3. The minimum Gasteiger partial charge on any atom is -0.481 e. The molecule has 0 aromatic rings. The van der Waals surface area contributed by atoms with Crippen LogP contribution in [0.5, 0.6) is 0 Å². The van der Waals surface area contributed by atoms with E-state index in [0.717, 1.165) is 0 Å². The van der Waals surface area contributed by atoms with E-state index in [0.29, 0.717) is 6.42 Å². The molecule has 0 radical (unpaired) electrons. The van der Waals surface area contributed by atoms with Gasteiger partial charge in [0.2, 0.25) is 17.7 Å². The van der Waals surface area contributed by atoms with Crippen molar-refractivity contribution in [2.45, 2.75) is 70.6 Å². The summed E-state index contributed by atoms with van der Waals surface area (Å²) in [6.45, 7) is 4.79. The van der Waals surface area contributed by atoms with Gasteiger partial charge < -0.3 is 43.4 Å². The number of aliphatic carboxylic acids is 2. The summed E-state index contributed by atoms with van der Waals surface area (Å²) in [6.07, 6.45) is -0.0600. The zero-order valence-electron chi connectivity index (χ0n) is 19.0. The minimum absolute atomic E-state index is 0.0953. The number of hydrogen-bond acceptors (Lipinski definition) is 7. The van der Waals surface area contributed by atoms with Crippen LogP contribution < -0.4 is 33.2 Å². The standard InChI is InChI=1S/C19H35N7O7/c1-9(2)14(18(32)33)26-15(29)10(3)24-17(31)12(5-4-8-23-19(21)22)25-16(30)11(20)6-7-13(27)28/h9-12,14H,4-8,20H2,1-3H3,(H,24,31)(H,25,30)(H,26,29)(H,27,28)(H,32,33)(H4,21,22,23). The van der Waals surface area contributed by atoms with Crippen molar-refractivity contribution in [3.8, 4) is 0 Å². The van der Waals surface area contributed by atoms with Crippen LogP contribution in [0.25, 0.3) is 0 Å². The highest BCUT2D eigenvalue weighted by Crippen LogP contribution is 2.04. The van der Waals surface area contributed by atoms with Gasteiger partial charge in [0.1, 0.15) is 18.1 Å². The Kier molecular flexibility index (Phi) is 13.1. The van der Waals surface area contributed by atoms with Crippen LogP contribution in [0, 0.1) is 5.92 Å². The average molecular weight is 474 g/mol. The molecular formula is C19H35N7O7. The number of carboxylic acid groups (broad SMARTS) is 2. The number of nitrogens with zero attached hydrogens (tertiary/aromatic N) is 1. The van der Waals surface area contributed by atoms with Crippen LogP contribution in [-0.2, 0) is 24.0 Å². The first-order valence-electron chi connectivity index (χ1n) is 10.4. The maximum Gasteiger partial charge on any atom is 0.326 e. The van der Waals surface area contributed by atoms with Gasteiger partial charge in [0.25, 0.3) is 0 Å². The zero-order valence-corrected chi connectivity index (χ0v) is 19.0. The van der Waals surface area contributed by atoms with Crippen LogP contribution in [-0.4, -0.2) is 76.5 Å². The molecule has 0 spiro atoms. The number of carboxylic acids is 2. The van der Waals surface area contributed by atoms with E-state index in [-0.39, 0.29) is 37.7 Å². The molecule has 4 unspecified atom stereocenters. The number of carbonyl (C=O) groups is 5. The smallest absolute Gasteiger partial charge is 0.326 e. The summed E-state index contributed by atoms with van der Waals surface area (Å²) in [4.78, 5) is 63.1. The van der Waals surface area contributed by atoms with E-state index in [1.54, 1.807) is 13.8 Å². The van der Waals surface area contributed by atoms with Crippen LogP contribution in [0.2, 0.25) is 0 Å². The fourth-order valence-corrected chi connectivity index (χ4v) is 2.63. The van der Waals surface area contributed by atoms with Gasteiger partial charge in [0.15, 0.2) is 5.96 Å². The lowest BCUT2D eigenvalue weighted by atomic mass is 10.0. The predicted molar refractivity (Wildman–Crippen MR) is 119 cm³/mol. The summed E-state index contributed by atoms with van der Waals surface area (Å²) in [5.41, 5.74) is 16.2. The molecule has 11 N–H and O–H groups in total. The SMILES string of the molecule is CC(NC(=O)C(CCCN=C(N)N)NC(=O)C(N)CCC(=O)O)C(=O)NC(C(=O)O)C(C)C. The summed E-state index contributed by atoms with van der Waals surface area (Å²) in [5.74, 6) is -5.02. The van der Waals surface area contributed by atoms with Crippen molar-refractivity contribution in [1.29, 1.82) is 0 Å². The fraction of sp³-hybridized carbons (Fsp3) is 0.684.